The van der Waals surface area contributed by atoms with E-state index in [0.29, 0.717) is 13.0 Å². The molecule has 0 aliphatic rings. The normalized spacial score (nSPS) is 12.1. The fraction of sp³-hybridized carbons (Fsp3) is 0.400. The number of hydrogen-bond donors (Lipinski definition) is 2. The number of aromatic nitrogens is 1. The molecule has 15 heavy (non-hydrogen) atoms. The maximum absolute atomic E-state index is 11.0. The van der Waals surface area contributed by atoms with Gasteiger partial charge in [0.25, 0.3) is 5.91 Å². The Hall–Kier alpha value is -1.46. The van der Waals surface area contributed by atoms with Crippen molar-refractivity contribution in [1.29, 1.82) is 0 Å². The molecule has 1 heterocycles. The number of ether oxygens (including phenoxy) is 1. The lowest BCUT2D eigenvalue weighted by atomic mass is 10.3. The summed E-state index contributed by atoms with van der Waals surface area (Å²) in [5, 5.41) is 0. The monoisotopic (exact) mass is 209 g/mol. The highest BCUT2D eigenvalue weighted by atomic mass is 16.5. The number of pyridine rings is 1. The molecule has 0 aliphatic carbocycles. The third kappa shape index (κ3) is 4.05. The molecule has 0 radical (unpaired) electrons. The van der Waals surface area contributed by atoms with E-state index < -0.39 is 6.10 Å². The Labute approximate surface area is 88.6 Å². The standard InChI is InChI=1S/C10H15N3O2/c1-8(10(14)13-11)15-7-5-9-4-2-3-6-12-9/h2-4,6,8H,5,7,11H2,1H3,(H,13,14). The zero-order valence-electron chi connectivity index (χ0n) is 8.64. The van der Waals surface area contributed by atoms with Crippen LogP contribution in [0.4, 0.5) is 0 Å². The van der Waals surface area contributed by atoms with E-state index in [1.165, 1.54) is 0 Å². The van der Waals surface area contributed by atoms with Crippen LogP contribution in [0.3, 0.4) is 0 Å². The van der Waals surface area contributed by atoms with Gasteiger partial charge in [-0.15, -0.1) is 0 Å². The molecule has 0 saturated carbocycles. The highest BCUT2D eigenvalue weighted by Crippen LogP contribution is 1.97. The molecule has 5 heteroatoms. The van der Waals surface area contributed by atoms with Crippen LogP contribution in [-0.2, 0) is 16.0 Å². The molecule has 1 aromatic heterocycles. The van der Waals surface area contributed by atoms with Gasteiger partial charge in [-0.1, -0.05) is 6.07 Å². The predicted molar refractivity (Wildman–Crippen MR) is 55.7 cm³/mol. The van der Waals surface area contributed by atoms with Gasteiger partial charge in [0.15, 0.2) is 0 Å². The van der Waals surface area contributed by atoms with Gasteiger partial charge in [0.05, 0.1) is 6.61 Å². The highest BCUT2D eigenvalue weighted by molar-refractivity contribution is 5.79. The first-order valence-electron chi connectivity index (χ1n) is 4.76. The van der Waals surface area contributed by atoms with Crippen molar-refractivity contribution in [2.75, 3.05) is 6.61 Å². The molecule has 5 nitrogen and oxygen atoms in total. The maximum Gasteiger partial charge on any atom is 0.262 e. The first-order valence-corrected chi connectivity index (χ1v) is 4.76. The molecular weight excluding hydrogens is 194 g/mol. The highest BCUT2D eigenvalue weighted by Gasteiger charge is 2.10. The summed E-state index contributed by atoms with van der Waals surface area (Å²) in [5.74, 6) is 4.64. The number of nitrogens with two attached hydrogens (primary N) is 1. The van der Waals surface area contributed by atoms with Crippen molar-refractivity contribution in [2.24, 2.45) is 5.84 Å². The quantitative estimate of drug-likeness (QED) is 0.407. The lowest BCUT2D eigenvalue weighted by molar-refractivity contribution is -0.131. The van der Waals surface area contributed by atoms with Gasteiger partial charge in [-0.05, 0) is 19.1 Å². The first kappa shape index (κ1) is 11.6. The van der Waals surface area contributed by atoms with E-state index in [2.05, 4.69) is 4.98 Å². The third-order valence-corrected chi connectivity index (χ3v) is 1.96. The lowest BCUT2D eigenvalue weighted by Gasteiger charge is -2.10. The molecule has 3 N–H and O–H groups in total. The van der Waals surface area contributed by atoms with Crippen LogP contribution in [0.1, 0.15) is 12.6 Å². The van der Waals surface area contributed by atoms with Gasteiger partial charge in [0.2, 0.25) is 0 Å². The fourth-order valence-corrected chi connectivity index (χ4v) is 1.08. The summed E-state index contributed by atoms with van der Waals surface area (Å²) in [6.07, 6.45) is 1.88. The topological polar surface area (TPSA) is 77.2 Å². The van der Waals surface area contributed by atoms with Crippen LogP contribution in [0.2, 0.25) is 0 Å². The van der Waals surface area contributed by atoms with Gasteiger partial charge >= 0.3 is 0 Å². The molecule has 1 rings (SSSR count). The van der Waals surface area contributed by atoms with E-state index in [0.717, 1.165) is 5.69 Å². The number of amides is 1. The average Bonchev–Trinajstić information content (AvgIpc) is 2.29. The smallest absolute Gasteiger partial charge is 0.262 e. The van der Waals surface area contributed by atoms with Crippen molar-refractivity contribution in [3.8, 4) is 0 Å². The van der Waals surface area contributed by atoms with Crippen molar-refractivity contribution in [2.45, 2.75) is 19.4 Å². The molecule has 1 unspecified atom stereocenters. The predicted octanol–water partition coefficient (Wildman–Crippen LogP) is 0.0191. The molecule has 0 spiro atoms. The SMILES string of the molecule is CC(OCCc1ccccn1)C(=O)NN. The minimum atomic E-state index is -0.529. The van der Waals surface area contributed by atoms with Crippen molar-refractivity contribution >= 4 is 5.91 Å². The molecule has 82 valence electrons. The Morgan fingerprint density at radius 1 is 1.67 bits per heavy atom. The van der Waals surface area contributed by atoms with Gasteiger partial charge in [-0.25, -0.2) is 5.84 Å². The van der Waals surface area contributed by atoms with Crippen LogP contribution in [0.15, 0.2) is 24.4 Å². The Morgan fingerprint density at radius 2 is 2.47 bits per heavy atom. The van der Waals surface area contributed by atoms with Crippen LogP contribution in [0, 0.1) is 0 Å². The largest absolute Gasteiger partial charge is 0.368 e. The van der Waals surface area contributed by atoms with Crippen LogP contribution < -0.4 is 11.3 Å². The second-order valence-electron chi connectivity index (χ2n) is 3.09. The Morgan fingerprint density at radius 3 is 3.07 bits per heavy atom. The molecule has 0 aliphatic heterocycles. The minimum absolute atomic E-state index is 0.323. The van der Waals surface area contributed by atoms with Gasteiger partial charge in [0, 0.05) is 18.3 Å². The van der Waals surface area contributed by atoms with E-state index in [1.54, 1.807) is 13.1 Å². The van der Waals surface area contributed by atoms with Crippen LogP contribution in [0.5, 0.6) is 0 Å². The zero-order chi connectivity index (χ0) is 11.1. The fourth-order valence-electron chi connectivity index (χ4n) is 1.08. The van der Waals surface area contributed by atoms with Crippen LogP contribution in [-0.4, -0.2) is 23.6 Å². The molecule has 0 fully saturated rings. The van der Waals surface area contributed by atoms with E-state index in [4.69, 9.17) is 10.6 Å². The van der Waals surface area contributed by atoms with Gasteiger partial charge in [0.1, 0.15) is 6.10 Å². The molecular formula is C10H15N3O2. The summed E-state index contributed by atoms with van der Waals surface area (Å²) in [6.45, 7) is 2.10. The lowest BCUT2D eigenvalue weighted by Crippen LogP contribution is -2.39. The second kappa shape index (κ2) is 6.10. The molecule has 0 bridgehead atoms. The van der Waals surface area contributed by atoms with Gasteiger partial charge < -0.3 is 4.74 Å². The van der Waals surface area contributed by atoms with Crippen LogP contribution in [0.25, 0.3) is 0 Å². The van der Waals surface area contributed by atoms with Crippen molar-refractivity contribution in [1.82, 2.24) is 10.4 Å². The second-order valence-corrected chi connectivity index (χ2v) is 3.09. The number of carbonyl (C=O) groups is 1. The molecule has 0 saturated heterocycles. The molecule has 1 amide bonds. The van der Waals surface area contributed by atoms with E-state index >= 15 is 0 Å². The molecule has 0 aromatic carbocycles. The third-order valence-electron chi connectivity index (χ3n) is 1.96. The number of nitrogens with one attached hydrogen (secondary N) is 1. The van der Waals surface area contributed by atoms with Crippen LogP contribution >= 0.6 is 0 Å². The maximum atomic E-state index is 11.0. The number of nitrogens with zero attached hydrogens (tertiary/aromatic N) is 1. The van der Waals surface area contributed by atoms with Crippen molar-refractivity contribution < 1.29 is 9.53 Å². The van der Waals surface area contributed by atoms with Gasteiger partial charge in [-0.2, -0.15) is 0 Å². The van der Waals surface area contributed by atoms with E-state index in [1.807, 2.05) is 23.6 Å². The Bertz CT molecular complexity index is 303. The number of hydrazine groups is 1. The van der Waals surface area contributed by atoms with Crippen molar-refractivity contribution in [3.63, 3.8) is 0 Å². The summed E-state index contributed by atoms with van der Waals surface area (Å²) in [7, 11) is 0. The molecule has 1 atom stereocenters. The number of carbonyl (C=O) groups excluding carboxylic acids is 1. The summed E-state index contributed by atoms with van der Waals surface area (Å²) < 4.78 is 5.27. The average molecular weight is 209 g/mol. The summed E-state index contributed by atoms with van der Waals surface area (Å²) >= 11 is 0. The zero-order valence-corrected chi connectivity index (χ0v) is 8.64. The molecule has 1 aromatic rings. The van der Waals surface area contributed by atoms with Crippen molar-refractivity contribution in [3.05, 3.63) is 30.1 Å². The summed E-state index contributed by atoms with van der Waals surface area (Å²) in [6, 6.07) is 5.68. The number of rotatable bonds is 5. The Balaban J connectivity index is 2.25. The minimum Gasteiger partial charge on any atom is -0.368 e. The van der Waals surface area contributed by atoms with E-state index in [-0.39, 0.29) is 5.91 Å². The number of hydrogen-bond acceptors (Lipinski definition) is 4. The Kier molecular flexibility index (Phi) is 4.73. The van der Waals surface area contributed by atoms with E-state index in [9.17, 15) is 4.79 Å². The van der Waals surface area contributed by atoms with Gasteiger partial charge in [-0.3, -0.25) is 15.2 Å². The first-order chi connectivity index (χ1) is 7.24. The summed E-state index contributed by atoms with van der Waals surface area (Å²) in [4.78, 5) is 15.1. The summed E-state index contributed by atoms with van der Waals surface area (Å²) in [5.41, 5.74) is 2.98.